The number of ether oxygens (including phenoxy) is 3. The van der Waals surface area contributed by atoms with Gasteiger partial charge in [0.1, 0.15) is 29.3 Å². The third-order valence-corrected chi connectivity index (χ3v) is 6.14. The Hall–Kier alpha value is -3.43. The van der Waals surface area contributed by atoms with Crippen molar-refractivity contribution in [2.24, 2.45) is 16.1 Å². The molecular formula is C21H20F2N4O4. The normalized spacial score (nSPS) is 22.5. The van der Waals surface area contributed by atoms with Crippen molar-refractivity contribution in [3.05, 3.63) is 47.3 Å². The lowest BCUT2D eigenvalue weighted by molar-refractivity contribution is -0.0501. The zero-order valence-corrected chi connectivity index (χ0v) is 16.7. The number of halogens is 2. The highest BCUT2D eigenvalue weighted by atomic mass is 19.3. The molecule has 0 radical (unpaired) electrons. The number of nitrogens with two attached hydrogens (primary N) is 1. The van der Waals surface area contributed by atoms with Gasteiger partial charge >= 0.3 is 6.61 Å². The number of aliphatic imine (C=N–C) groups is 1. The lowest BCUT2D eigenvalue weighted by Gasteiger charge is -2.39. The Balaban J connectivity index is 1.43. The molecule has 0 bridgehead atoms. The van der Waals surface area contributed by atoms with Crippen LogP contribution in [0.1, 0.15) is 34.5 Å². The number of amides is 1. The number of amidine groups is 1. The maximum atomic E-state index is 12.8. The molecule has 1 aromatic carbocycles. The summed E-state index contributed by atoms with van der Waals surface area (Å²) < 4.78 is 40.6. The maximum absolute atomic E-state index is 12.8. The monoisotopic (exact) mass is 430 g/mol. The molecule has 3 aliphatic rings. The number of carbonyl (C=O) groups is 1. The fourth-order valence-corrected chi connectivity index (χ4v) is 4.37. The van der Waals surface area contributed by atoms with E-state index in [2.05, 4.69) is 20.0 Å². The third-order valence-electron chi connectivity index (χ3n) is 6.14. The number of anilines is 1. The fraction of sp³-hybridized carbons (Fsp3) is 0.381. The fourth-order valence-electron chi connectivity index (χ4n) is 4.37. The van der Waals surface area contributed by atoms with Crippen molar-refractivity contribution in [3.63, 3.8) is 0 Å². The Morgan fingerprint density at radius 1 is 1.26 bits per heavy atom. The molecule has 1 atom stereocenters. The van der Waals surface area contributed by atoms with Gasteiger partial charge in [-0.25, -0.2) is 9.98 Å². The number of nitrogens with one attached hydrogen (secondary N) is 1. The molecule has 0 saturated heterocycles. The SMILES string of the molecule is Cc1cc(OC(F)F)cnc1C(=O)Nc1ccc2c(c1)C1(COC(N)=N1)C1(CC1)CO2. The largest absolute Gasteiger partial charge is 0.493 e. The Bertz CT molecular complexity index is 1100. The first-order valence-corrected chi connectivity index (χ1v) is 9.80. The van der Waals surface area contributed by atoms with Gasteiger partial charge in [-0.15, -0.1) is 0 Å². The van der Waals surface area contributed by atoms with Crippen molar-refractivity contribution in [1.29, 1.82) is 0 Å². The number of alkyl halides is 2. The number of pyridine rings is 1. The van der Waals surface area contributed by atoms with E-state index in [-0.39, 0.29) is 22.9 Å². The van der Waals surface area contributed by atoms with E-state index in [0.29, 0.717) is 30.2 Å². The van der Waals surface area contributed by atoms with Gasteiger partial charge in [0, 0.05) is 16.7 Å². The van der Waals surface area contributed by atoms with Crippen LogP contribution in [0.25, 0.3) is 0 Å². The lowest BCUT2D eigenvalue weighted by atomic mass is 9.74. The summed E-state index contributed by atoms with van der Waals surface area (Å²) >= 11 is 0. The van der Waals surface area contributed by atoms with Crippen molar-refractivity contribution >= 4 is 17.6 Å². The molecule has 2 aromatic rings. The van der Waals surface area contributed by atoms with Crippen LogP contribution in [0.15, 0.2) is 35.5 Å². The maximum Gasteiger partial charge on any atom is 0.387 e. The summed E-state index contributed by atoms with van der Waals surface area (Å²) in [6.45, 7) is -0.488. The molecule has 3 N–H and O–H groups in total. The van der Waals surface area contributed by atoms with Crippen LogP contribution in [0.4, 0.5) is 14.5 Å². The number of aryl methyl sites for hydroxylation is 1. The Labute approximate surface area is 176 Å². The highest BCUT2D eigenvalue weighted by Gasteiger charge is 2.66. The molecule has 2 aliphatic heterocycles. The molecule has 5 rings (SSSR count). The summed E-state index contributed by atoms with van der Waals surface area (Å²) in [5.41, 5.74) is 6.93. The van der Waals surface area contributed by atoms with Crippen LogP contribution in [0.5, 0.6) is 11.5 Å². The van der Waals surface area contributed by atoms with Crippen LogP contribution >= 0.6 is 0 Å². The summed E-state index contributed by atoms with van der Waals surface area (Å²) in [6.07, 6.45) is 3.01. The van der Waals surface area contributed by atoms with Gasteiger partial charge in [0.05, 0.1) is 12.8 Å². The molecule has 8 nitrogen and oxygen atoms in total. The molecule has 1 amide bonds. The van der Waals surface area contributed by atoms with Gasteiger partial charge in [-0.05, 0) is 49.6 Å². The molecule has 3 heterocycles. The Morgan fingerprint density at radius 2 is 2.06 bits per heavy atom. The number of fused-ring (bicyclic) bond motifs is 3. The smallest absolute Gasteiger partial charge is 0.387 e. The topological polar surface area (TPSA) is 108 Å². The van der Waals surface area contributed by atoms with E-state index in [0.717, 1.165) is 24.6 Å². The standard InChI is InChI=1S/C21H20F2N4O4/c1-11-6-13(31-18(22)23)8-25-16(11)17(28)26-12-2-3-15-14(7-12)21(10-30-19(24)27-21)20(4-5-20)9-29-15/h2-3,6-8,18H,4-5,9-10H2,1H3,(H2,24,27)(H,26,28). The van der Waals surface area contributed by atoms with E-state index in [1.807, 2.05) is 6.07 Å². The highest BCUT2D eigenvalue weighted by Crippen LogP contribution is 2.65. The predicted molar refractivity (Wildman–Crippen MR) is 106 cm³/mol. The summed E-state index contributed by atoms with van der Waals surface area (Å²) in [6, 6.07) is 6.82. The number of carbonyl (C=O) groups excluding carboxylic acids is 1. The number of rotatable bonds is 4. The second kappa shape index (κ2) is 6.79. The van der Waals surface area contributed by atoms with Crippen molar-refractivity contribution in [2.75, 3.05) is 18.5 Å². The van der Waals surface area contributed by atoms with Gasteiger partial charge in [0.25, 0.3) is 11.9 Å². The Kier molecular flexibility index (Phi) is 4.28. The zero-order chi connectivity index (χ0) is 21.8. The minimum Gasteiger partial charge on any atom is -0.493 e. The molecule has 1 unspecified atom stereocenters. The third kappa shape index (κ3) is 3.13. The number of hydrogen-bond acceptors (Lipinski definition) is 7. The first kappa shape index (κ1) is 19.5. The highest BCUT2D eigenvalue weighted by molar-refractivity contribution is 6.04. The van der Waals surface area contributed by atoms with Crippen LogP contribution in [0.3, 0.4) is 0 Å². The van der Waals surface area contributed by atoms with E-state index in [1.54, 1.807) is 19.1 Å². The van der Waals surface area contributed by atoms with Crippen LogP contribution in [0, 0.1) is 12.3 Å². The van der Waals surface area contributed by atoms with Gasteiger partial charge in [-0.3, -0.25) is 4.79 Å². The van der Waals surface area contributed by atoms with Crippen molar-refractivity contribution in [3.8, 4) is 11.5 Å². The number of hydrogen-bond donors (Lipinski definition) is 2. The van der Waals surface area contributed by atoms with E-state index >= 15 is 0 Å². The first-order valence-electron chi connectivity index (χ1n) is 9.80. The molecule has 31 heavy (non-hydrogen) atoms. The van der Waals surface area contributed by atoms with Gasteiger partial charge in [0.2, 0.25) is 0 Å². The molecule has 1 saturated carbocycles. The van der Waals surface area contributed by atoms with Crippen LogP contribution in [-0.2, 0) is 10.3 Å². The van der Waals surface area contributed by atoms with Gasteiger partial charge in [-0.1, -0.05) is 0 Å². The summed E-state index contributed by atoms with van der Waals surface area (Å²) in [5.74, 6) is 0.0994. The summed E-state index contributed by atoms with van der Waals surface area (Å²) in [5, 5.41) is 2.81. The minimum atomic E-state index is -2.96. The summed E-state index contributed by atoms with van der Waals surface area (Å²) in [7, 11) is 0. The molecule has 1 fully saturated rings. The molecule has 162 valence electrons. The molecule has 10 heteroatoms. The summed E-state index contributed by atoms with van der Waals surface area (Å²) in [4.78, 5) is 21.4. The minimum absolute atomic E-state index is 0.107. The molecule has 1 aliphatic carbocycles. The Morgan fingerprint density at radius 3 is 2.71 bits per heavy atom. The van der Waals surface area contributed by atoms with Crippen molar-refractivity contribution in [2.45, 2.75) is 31.9 Å². The van der Waals surface area contributed by atoms with Gasteiger partial charge in [0.15, 0.2) is 0 Å². The zero-order valence-electron chi connectivity index (χ0n) is 16.7. The second-order valence-electron chi connectivity index (χ2n) is 8.05. The van der Waals surface area contributed by atoms with Crippen molar-refractivity contribution in [1.82, 2.24) is 4.98 Å². The van der Waals surface area contributed by atoms with Crippen molar-refractivity contribution < 1.29 is 27.8 Å². The first-order chi connectivity index (χ1) is 14.8. The van der Waals surface area contributed by atoms with Gasteiger partial charge < -0.3 is 25.3 Å². The van der Waals surface area contributed by atoms with E-state index < -0.39 is 18.1 Å². The second-order valence-corrected chi connectivity index (χ2v) is 8.05. The van der Waals surface area contributed by atoms with Gasteiger partial charge in [-0.2, -0.15) is 8.78 Å². The number of aromatic nitrogens is 1. The average molecular weight is 430 g/mol. The molecule has 1 aromatic heterocycles. The van der Waals surface area contributed by atoms with Crippen LogP contribution in [0.2, 0.25) is 0 Å². The molecular weight excluding hydrogens is 410 g/mol. The molecule has 2 spiro atoms. The van der Waals surface area contributed by atoms with Crippen LogP contribution < -0.4 is 20.5 Å². The van der Waals surface area contributed by atoms with Crippen LogP contribution in [-0.4, -0.2) is 36.7 Å². The van der Waals surface area contributed by atoms with E-state index in [4.69, 9.17) is 15.2 Å². The van der Waals surface area contributed by atoms with E-state index in [1.165, 1.54) is 6.07 Å². The quantitative estimate of drug-likeness (QED) is 0.772. The van der Waals surface area contributed by atoms with E-state index in [9.17, 15) is 13.6 Å². The predicted octanol–water partition coefficient (Wildman–Crippen LogP) is 2.96. The average Bonchev–Trinajstić information content (AvgIpc) is 3.40. The number of nitrogens with zero attached hydrogens (tertiary/aromatic N) is 2. The number of benzene rings is 1. The lowest BCUT2D eigenvalue weighted by Crippen LogP contribution is -2.44.